The standard InChI is InChI=1S/C15H17Cl2NO4/c1-2-7-22-9-13(15(20)21)18-14(19)6-4-10-3-5-11(16)8-12(10)17/h2-3,5,8,13H,1,4,6-7,9H2,(H,18,19)(H,20,21). The second-order valence-corrected chi connectivity index (χ2v) is 5.36. The number of rotatable bonds is 9. The van der Waals surface area contributed by atoms with E-state index < -0.39 is 12.0 Å². The van der Waals surface area contributed by atoms with Crippen LogP contribution in [0, 0.1) is 0 Å². The van der Waals surface area contributed by atoms with Gasteiger partial charge in [0.15, 0.2) is 6.04 Å². The number of amides is 1. The van der Waals surface area contributed by atoms with Crippen molar-refractivity contribution in [2.75, 3.05) is 13.2 Å². The Morgan fingerprint density at radius 2 is 2.14 bits per heavy atom. The fourth-order valence-corrected chi connectivity index (χ4v) is 2.19. The zero-order valence-corrected chi connectivity index (χ0v) is 13.4. The summed E-state index contributed by atoms with van der Waals surface area (Å²) in [7, 11) is 0. The molecule has 1 aromatic rings. The highest BCUT2D eigenvalue weighted by Crippen LogP contribution is 2.21. The van der Waals surface area contributed by atoms with Gasteiger partial charge in [-0.05, 0) is 24.1 Å². The van der Waals surface area contributed by atoms with Crippen molar-refractivity contribution < 1.29 is 19.4 Å². The topological polar surface area (TPSA) is 75.6 Å². The summed E-state index contributed by atoms with van der Waals surface area (Å²) in [5, 5.41) is 12.4. The van der Waals surface area contributed by atoms with E-state index in [9.17, 15) is 9.59 Å². The van der Waals surface area contributed by atoms with Gasteiger partial charge in [0.05, 0.1) is 13.2 Å². The smallest absolute Gasteiger partial charge is 0.328 e. The number of hydrogen-bond donors (Lipinski definition) is 2. The molecule has 0 aliphatic carbocycles. The third-order valence-electron chi connectivity index (χ3n) is 2.79. The van der Waals surface area contributed by atoms with E-state index in [4.69, 9.17) is 33.0 Å². The molecule has 0 saturated carbocycles. The molecule has 0 radical (unpaired) electrons. The van der Waals surface area contributed by atoms with Gasteiger partial charge in [-0.2, -0.15) is 0 Å². The Balaban J connectivity index is 2.49. The van der Waals surface area contributed by atoms with E-state index in [0.717, 1.165) is 5.56 Å². The Labute approximate surface area is 138 Å². The summed E-state index contributed by atoms with van der Waals surface area (Å²) in [5.74, 6) is -1.54. The number of ether oxygens (including phenoxy) is 1. The Morgan fingerprint density at radius 3 is 2.73 bits per heavy atom. The minimum absolute atomic E-state index is 0.116. The number of benzene rings is 1. The second kappa shape index (κ2) is 9.46. The largest absolute Gasteiger partial charge is 0.480 e. The lowest BCUT2D eigenvalue weighted by Crippen LogP contribution is -2.44. The minimum Gasteiger partial charge on any atom is -0.480 e. The molecular weight excluding hydrogens is 329 g/mol. The Hall–Kier alpha value is -1.56. The van der Waals surface area contributed by atoms with Crippen LogP contribution in [-0.4, -0.2) is 36.2 Å². The monoisotopic (exact) mass is 345 g/mol. The van der Waals surface area contributed by atoms with Gasteiger partial charge >= 0.3 is 5.97 Å². The van der Waals surface area contributed by atoms with Crippen molar-refractivity contribution >= 4 is 35.1 Å². The highest BCUT2D eigenvalue weighted by Gasteiger charge is 2.20. The van der Waals surface area contributed by atoms with Crippen LogP contribution in [0.4, 0.5) is 0 Å². The van der Waals surface area contributed by atoms with Crippen molar-refractivity contribution in [1.82, 2.24) is 5.32 Å². The average Bonchev–Trinajstić information content (AvgIpc) is 2.45. The highest BCUT2D eigenvalue weighted by atomic mass is 35.5. The van der Waals surface area contributed by atoms with E-state index in [0.29, 0.717) is 16.5 Å². The molecule has 0 aliphatic rings. The Morgan fingerprint density at radius 1 is 1.41 bits per heavy atom. The fourth-order valence-electron chi connectivity index (χ4n) is 1.68. The van der Waals surface area contributed by atoms with Crippen molar-refractivity contribution in [3.05, 3.63) is 46.5 Å². The SMILES string of the molecule is C=CCOCC(NC(=O)CCc1ccc(Cl)cc1Cl)C(=O)O. The van der Waals surface area contributed by atoms with Gasteiger partial charge in [0.25, 0.3) is 0 Å². The zero-order chi connectivity index (χ0) is 16.5. The average molecular weight is 346 g/mol. The first-order valence-corrected chi connectivity index (χ1v) is 7.34. The van der Waals surface area contributed by atoms with Gasteiger partial charge in [-0.15, -0.1) is 6.58 Å². The van der Waals surface area contributed by atoms with Crippen molar-refractivity contribution in [1.29, 1.82) is 0 Å². The van der Waals surface area contributed by atoms with E-state index in [1.807, 2.05) is 0 Å². The fraction of sp³-hybridized carbons (Fsp3) is 0.333. The molecule has 0 aliphatic heterocycles. The molecule has 0 bridgehead atoms. The van der Waals surface area contributed by atoms with Crippen LogP contribution in [0.5, 0.6) is 0 Å². The van der Waals surface area contributed by atoms with Crippen LogP contribution < -0.4 is 5.32 Å². The van der Waals surface area contributed by atoms with Crippen LogP contribution in [0.1, 0.15) is 12.0 Å². The number of carboxylic acid groups (broad SMARTS) is 1. The molecule has 120 valence electrons. The number of nitrogens with one attached hydrogen (secondary N) is 1. The number of hydrogen-bond acceptors (Lipinski definition) is 3. The summed E-state index contributed by atoms with van der Waals surface area (Å²) < 4.78 is 5.05. The Bertz CT molecular complexity index is 548. The lowest BCUT2D eigenvalue weighted by molar-refractivity contribution is -0.143. The summed E-state index contributed by atoms with van der Waals surface area (Å²) in [6.45, 7) is 3.57. The number of aryl methyl sites for hydroxylation is 1. The first-order valence-electron chi connectivity index (χ1n) is 6.58. The second-order valence-electron chi connectivity index (χ2n) is 4.52. The third-order valence-corrected chi connectivity index (χ3v) is 3.38. The van der Waals surface area contributed by atoms with E-state index in [1.165, 1.54) is 6.08 Å². The van der Waals surface area contributed by atoms with Crippen LogP contribution in [0.2, 0.25) is 10.0 Å². The summed E-state index contributed by atoms with van der Waals surface area (Å²) in [5.41, 5.74) is 0.774. The number of halogens is 2. The first kappa shape index (κ1) is 18.5. The number of carboxylic acids is 1. The van der Waals surface area contributed by atoms with Crippen LogP contribution in [0.3, 0.4) is 0 Å². The van der Waals surface area contributed by atoms with Crippen LogP contribution in [0.25, 0.3) is 0 Å². The molecule has 0 aromatic heterocycles. The number of aliphatic carboxylic acids is 1. The molecule has 1 aromatic carbocycles. The number of carbonyl (C=O) groups excluding carboxylic acids is 1. The quantitative estimate of drug-likeness (QED) is 0.533. The van der Waals surface area contributed by atoms with Gasteiger partial charge in [0.2, 0.25) is 5.91 Å². The summed E-state index contributed by atoms with van der Waals surface area (Å²) >= 11 is 11.8. The van der Waals surface area contributed by atoms with Gasteiger partial charge < -0.3 is 15.2 Å². The zero-order valence-electron chi connectivity index (χ0n) is 11.9. The van der Waals surface area contributed by atoms with Crippen LogP contribution in [-0.2, 0) is 20.7 Å². The summed E-state index contributed by atoms with van der Waals surface area (Å²) in [6, 6.07) is 3.93. The lowest BCUT2D eigenvalue weighted by atomic mass is 10.1. The summed E-state index contributed by atoms with van der Waals surface area (Å²) in [4.78, 5) is 22.9. The maximum Gasteiger partial charge on any atom is 0.328 e. The molecule has 0 saturated heterocycles. The van der Waals surface area contributed by atoms with Crippen molar-refractivity contribution in [3.8, 4) is 0 Å². The van der Waals surface area contributed by atoms with Crippen molar-refractivity contribution in [2.45, 2.75) is 18.9 Å². The maximum atomic E-state index is 11.8. The molecule has 0 heterocycles. The minimum atomic E-state index is -1.15. The molecule has 1 rings (SSSR count). The highest BCUT2D eigenvalue weighted by molar-refractivity contribution is 6.35. The molecule has 0 spiro atoms. The maximum absolute atomic E-state index is 11.8. The molecule has 1 amide bonds. The molecule has 1 atom stereocenters. The molecule has 0 fully saturated rings. The van der Waals surface area contributed by atoms with Gasteiger partial charge in [0.1, 0.15) is 0 Å². The molecule has 2 N–H and O–H groups in total. The Kier molecular flexibility index (Phi) is 7.95. The third kappa shape index (κ3) is 6.47. The molecule has 1 unspecified atom stereocenters. The molecular formula is C15H17Cl2NO4. The molecule has 5 nitrogen and oxygen atoms in total. The predicted octanol–water partition coefficient (Wildman–Crippen LogP) is 2.70. The molecule has 22 heavy (non-hydrogen) atoms. The van der Waals surface area contributed by atoms with E-state index in [-0.39, 0.29) is 25.5 Å². The van der Waals surface area contributed by atoms with Gasteiger partial charge in [-0.25, -0.2) is 4.79 Å². The summed E-state index contributed by atoms with van der Waals surface area (Å²) in [6.07, 6.45) is 2.01. The van der Waals surface area contributed by atoms with Gasteiger partial charge in [-0.1, -0.05) is 35.3 Å². The number of carbonyl (C=O) groups is 2. The van der Waals surface area contributed by atoms with Crippen LogP contribution in [0.15, 0.2) is 30.9 Å². The normalized spacial score (nSPS) is 11.7. The van der Waals surface area contributed by atoms with E-state index in [1.54, 1.807) is 18.2 Å². The first-order chi connectivity index (χ1) is 10.4. The van der Waals surface area contributed by atoms with E-state index in [2.05, 4.69) is 11.9 Å². The van der Waals surface area contributed by atoms with Gasteiger partial charge in [0, 0.05) is 16.5 Å². The van der Waals surface area contributed by atoms with Crippen LogP contribution >= 0.6 is 23.2 Å². The van der Waals surface area contributed by atoms with E-state index >= 15 is 0 Å². The van der Waals surface area contributed by atoms with Crippen molar-refractivity contribution in [2.24, 2.45) is 0 Å². The lowest BCUT2D eigenvalue weighted by Gasteiger charge is -2.14. The van der Waals surface area contributed by atoms with Gasteiger partial charge in [-0.3, -0.25) is 4.79 Å². The van der Waals surface area contributed by atoms with Crippen molar-refractivity contribution in [3.63, 3.8) is 0 Å². The molecule has 7 heteroatoms. The predicted molar refractivity (Wildman–Crippen MR) is 85.4 cm³/mol.